The Kier molecular flexibility index (Phi) is 9.53. The minimum absolute atomic E-state index is 0. The molecule has 1 aliphatic heterocycles. The minimum Gasteiger partial charge on any atom is -0.369 e. The van der Waals surface area contributed by atoms with E-state index in [0.717, 1.165) is 56.5 Å². The molecule has 1 fully saturated rings. The second kappa shape index (κ2) is 12.6. The fourth-order valence-corrected chi connectivity index (χ4v) is 4.08. The van der Waals surface area contributed by atoms with Crippen molar-refractivity contribution in [2.45, 2.75) is 38.9 Å². The minimum atomic E-state index is -0.196. The maximum atomic E-state index is 13.7. The molecular formula is C25H32FIN6. The Hall–Kier alpha value is -2.62. The summed E-state index contributed by atoms with van der Waals surface area (Å²) >= 11 is 0. The van der Waals surface area contributed by atoms with Gasteiger partial charge in [-0.15, -0.1) is 24.0 Å². The van der Waals surface area contributed by atoms with Crippen LogP contribution in [0.15, 0.2) is 72.0 Å². The van der Waals surface area contributed by atoms with E-state index < -0.39 is 0 Å². The van der Waals surface area contributed by atoms with Crippen LogP contribution >= 0.6 is 24.0 Å². The molecule has 0 saturated carbocycles. The first-order valence-electron chi connectivity index (χ1n) is 11.3. The third-order valence-corrected chi connectivity index (χ3v) is 5.66. The molecule has 0 aliphatic carbocycles. The van der Waals surface area contributed by atoms with Crippen LogP contribution in [0.1, 0.15) is 31.2 Å². The molecule has 2 heterocycles. The molecule has 2 aromatic carbocycles. The predicted molar refractivity (Wildman–Crippen MR) is 143 cm³/mol. The summed E-state index contributed by atoms with van der Waals surface area (Å²) in [4.78, 5) is 11.5. The monoisotopic (exact) mass is 562 g/mol. The maximum absolute atomic E-state index is 13.7. The lowest BCUT2D eigenvalue weighted by Crippen LogP contribution is -2.51. The zero-order valence-corrected chi connectivity index (χ0v) is 21.3. The molecule has 1 atom stereocenters. The van der Waals surface area contributed by atoms with Gasteiger partial charge >= 0.3 is 0 Å². The Morgan fingerprint density at radius 2 is 2.03 bits per heavy atom. The highest BCUT2D eigenvalue weighted by molar-refractivity contribution is 14.0. The van der Waals surface area contributed by atoms with Crippen molar-refractivity contribution in [1.82, 2.24) is 20.2 Å². The Balaban J connectivity index is 0.00000306. The molecule has 0 amide bonds. The maximum Gasteiger partial charge on any atom is 0.191 e. The van der Waals surface area contributed by atoms with Gasteiger partial charge in [-0.2, -0.15) is 0 Å². The summed E-state index contributed by atoms with van der Waals surface area (Å²) in [6.45, 7) is 5.87. The van der Waals surface area contributed by atoms with E-state index >= 15 is 0 Å². The van der Waals surface area contributed by atoms with Gasteiger partial charge in [0.05, 0.1) is 0 Å². The second-order valence-electron chi connectivity index (χ2n) is 8.06. The first-order chi connectivity index (χ1) is 15.7. The zero-order valence-electron chi connectivity index (χ0n) is 19.0. The lowest BCUT2D eigenvalue weighted by Gasteiger charge is -2.35. The smallest absolute Gasteiger partial charge is 0.191 e. The summed E-state index contributed by atoms with van der Waals surface area (Å²) in [5, 5.41) is 6.92. The van der Waals surface area contributed by atoms with Gasteiger partial charge < -0.3 is 20.1 Å². The first kappa shape index (κ1) is 25.0. The molecule has 0 bridgehead atoms. The van der Waals surface area contributed by atoms with E-state index in [4.69, 9.17) is 4.99 Å². The number of hydrogen-bond donors (Lipinski definition) is 2. The van der Waals surface area contributed by atoms with Crippen molar-refractivity contribution < 1.29 is 4.39 Å². The van der Waals surface area contributed by atoms with Crippen molar-refractivity contribution in [2.75, 3.05) is 24.5 Å². The molecule has 3 aromatic rings. The Bertz CT molecular complexity index is 1020. The molecule has 1 saturated heterocycles. The van der Waals surface area contributed by atoms with Crippen molar-refractivity contribution >= 4 is 35.6 Å². The summed E-state index contributed by atoms with van der Waals surface area (Å²) < 4.78 is 15.8. The number of guanidine groups is 1. The number of anilines is 1. The SMILES string of the molecule is CCNC(=NCc1nccn1Cc1ccccc1)NC1CCCN(c2cccc(F)c2)C1.I. The number of piperidine rings is 1. The van der Waals surface area contributed by atoms with Crippen LogP contribution in [0.4, 0.5) is 10.1 Å². The molecule has 6 nitrogen and oxygen atoms in total. The fraction of sp³-hybridized carbons (Fsp3) is 0.360. The average Bonchev–Trinajstić information content (AvgIpc) is 3.25. The number of imidazole rings is 1. The lowest BCUT2D eigenvalue weighted by atomic mass is 10.0. The van der Waals surface area contributed by atoms with Crippen LogP contribution in [-0.4, -0.2) is 41.2 Å². The van der Waals surface area contributed by atoms with Crippen LogP contribution in [0.3, 0.4) is 0 Å². The molecule has 2 N–H and O–H groups in total. The number of aliphatic imine (C=N–C) groups is 1. The summed E-state index contributed by atoms with van der Waals surface area (Å²) in [6, 6.07) is 17.4. The van der Waals surface area contributed by atoms with Crippen LogP contribution in [0.25, 0.3) is 0 Å². The van der Waals surface area contributed by atoms with E-state index in [2.05, 4.69) is 56.3 Å². The van der Waals surface area contributed by atoms with Gasteiger partial charge in [-0.3, -0.25) is 0 Å². The molecule has 0 spiro atoms. The standard InChI is InChI=1S/C25H31FN6.HI/c1-2-27-25(29-17-24-28-13-15-32(24)18-20-8-4-3-5-9-20)30-22-11-7-14-31(19-22)23-12-6-10-21(26)16-23;/h3-6,8-10,12-13,15-16,22H,2,7,11,14,17-19H2,1H3,(H2,27,29,30);1H. The lowest BCUT2D eigenvalue weighted by molar-refractivity contribution is 0.467. The molecule has 1 unspecified atom stereocenters. The molecular weight excluding hydrogens is 530 g/mol. The normalized spacial score (nSPS) is 16.2. The van der Waals surface area contributed by atoms with Crippen molar-refractivity contribution in [1.29, 1.82) is 0 Å². The van der Waals surface area contributed by atoms with Crippen molar-refractivity contribution in [3.63, 3.8) is 0 Å². The Morgan fingerprint density at radius 1 is 1.18 bits per heavy atom. The molecule has 0 radical (unpaired) electrons. The van der Waals surface area contributed by atoms with Crippen molar-refractivity contribution in [3.05, 3.63) is 84.2 Å². The highest BCUT2D eigenvalue weighted by atomic mass is 127. The van der Waals surface area contributed by atoms with Gasteiger partial charge in [0.25, 0.3) is 0 Å². The van der Waals surface area contributed by atoms with Crippen molar-refractivity contribution in [3.8, 4) is 0 Å². The second-order valence-corrected chi connectivity index (χ2v) is 8.06. The van der Waals surface area contributed by atoms with Crippen LogP contribution < -0.4 is 15.5 Å². The first-order valence-corrected chi connectivity index (χ1v) is 11.3. The van der Waals surface area contributed by atoms with Gasteiger partial charge in [-0.25, -0.2) is 14.4 Å². The summed E-state index contributed by atoms with van der Waals surface area (Å²) in [7, 11) is 0. The van der Waals surface area contributed by atoms with Gasteiger partial charge in [0.15, 0.2) is 5.96 Å². The average molecular weight is 562 g/mol. The van der Waals surface area contributed by atoms with Gasteiger partial charge in [0, 0.05) is 50.3 Å². The highest BCUT2D eigenvalue weighted by Gasteiger charge is 2.21. The Labute approximate surface area is 212 Å². The third kappa shape index (κ3) is 7.18. The number of halogens is 2. The van der Waals surface area contributed by atoms with E-state index in [0.29, 0.717) is 6.54 Å². The largest absolute Gasteiger partial charge is 0.369 e. The molecule has 4 rings (SSSR count). The van der Waals surface area contributed by atoms with E-state index in [9.17, 15) is 4.39 Å². The molecule has 8 heteroatoms. The molecule has 176 valence electrons. The molecule has 33 heavy (non-hydrogen) atoms. The van der Waals surface area contributed by atoms with Crippen LogP contribution in [0, 0.1) is 5.82 Å². The fourth-order valence-electron chi connectivity index (χ4n) is 4.08. The topological polar surface area (TPSA) is 57.5 Å². The van der Waals surface area contributed by atoms with Gasteiger partial charge in [-0.05, 0) is 43.5 Å². The number of aromatic nitrogens is 2. The number of nitrogens with zero attached hydrogens (tertiary/aromatic N) is 4. The number of rotatable bonds is 7. The number of benzene rings is 2. The molecule has 1 aliphatic rings. The van der Waals surface area contributed by atoms with Crippen LogP contribution in [0.2, 0.25) is 0 Å². The quantitative estimate of drug-likeness (QED) is 0.255. The summed E-state index contributed by atoms with van der Waals surface area (Å²) in [5.41, 5.74) is 2.17. The van der Waals surface area contributed by atoms with Crippen LogP contribution in [0.5, 0.6) is 0 Å². The van der Waals surface area contributed by atoms with Crippen LogP contribution in [-0.2, 0) is 13.1 Å². The van der Waals surface area contributed by atoms with E-state index in [1.165, 1.54) is 11.6 Å². The van der Waals surface area contributed by atoms with Gasteiger partial charge in [0.1, 0.15) is 18.2 Å². The number of hydrogen-bond acceptors (Lipinski definition) is 3. The van der Waals surface area contributed by atoms with E-state index in [-0.39, 0.29) is 35.8 Å². The summed E-state index contributed by atoms with van der Waals surface area (Å²) in [6.07, 6.45) is 5.93. The van der Waals surface area contributed by atoms with Gasteiger partial charge in [0.2, 0.25) is 0 Å². The van der Waals surface area contributed by atoms with E-state index in [1.54, 1.807) is 12.1 Å². The van der Waals surface area contributed by atoms with E-state index in [1.807, 2.05) is 24.5 Å². The zero-order chi connectivity index (χ0) is 22.2. The third-order valence-electron chi connectivity index (χ3n) is 5.66. The summed E-state index contributed by atoms with van der Waals surface area (Å²) in [5.74, 6) is 1.52. The highest BCUT2D eigenvalue weighted by Crippen LogP contribution is 2.20. The predicted octanol–water partition coefficient (Wildman–Crippen LogP) is 4.41. The van der Waals surface area contributed by atoms with Crippen molar-refractivity contribution in [2.24, 2.45) is 4.99 Å². The number of nitrogens with one attached hydrogen (secondary N) is 2. The van der Waals surface area contributed by atoms with Gasteiger partial charge in [-0.1, -0.05) is 36.4 Å². The molecule has 1 aromatic heterocycles. The Morgan fingerprint density at radius 3 is 2.82 bits per heavy atom.